The van der Waals surface area contributed by atoms with Crippen LogP contribution in [-0.4, -0.2) is 53.9 Å². The summed E-state index contributed by atoms with van der Waals surface area (Å²) < 4.78 is 0. The van der Waals surface area contributed by atoms with Crippen LogP contribution in [0.5, 0.6) is 0 Å². The Morgan fingerprint density at radius 2 is 2.21 bits per heavy atom. The van der Waals surface area contributed by atoms with E-state index < -0.39 is 0 Å². The van der Waals surface area contributed by atoms with Gasteiger partial charge in [0.15, 0.2) is 0 Å². The van der Waals surface area contributed by atoms with Crippen LogP contribution in [-0.2, 0) is 11.3 Å². The first-order valence-corrected chi connectivity index (χ1v) is 6.67. The molecule has 1 aromatic rings. The summed E-state index contributed by atoms with van der Waals surface area (Å²) in [6.45, 7) is 6.12. The molecule has 5 heteroatoms. The van der Waals surface area contributed by atoms with Crippen LogP contribution in [0, 0.1) is 12.8 Å². The molecule has 1 aromatic heterocycles. The lowest BCUT2D eigenvalue weighted by atomic mass is 10.1. The van der Waals surface area contributed by atoms with Gasteiger partial charge in [0.1, 0.15) is 0 Å². The maximum absolute atomic E-state index is 11.5. The highest BCUT2D eigenvalue weighted by atomic mass is 16.1. The van der Waals surface area contributed by atoms with E-state index >= 15 is 0 Å². The second-order valence-electron chi connectivity index (χ2n) is 5.37. The third kappa shape index (κ3) is 4.01. The second kappa shape index (κ2) is 6.12. The Bertz CT molecular complexity index is 449. The molecule has 0 radical (unpaired) electrons. The van der Waals surface area contributed by atoms with Gasteiger partial charge < -0.3 is 10.6 Å². The number of nitrogens with two attached hydrogens (primary N) is 1. The third-order valence-corrected chi connectivity index (χ3v) is 3.54. The lowest BCUT2D eigenvalue weighted by molar-refractivity contribution is -0.122. The summed E-state index contributed by atoms with van der Waals surface area (Å²) in [4.78, 5) is 20.4. The number of aromatic nitrogens is 1. The Hall–Kier alpha value is -1.46. The number of hydrogen-bond donors (Lipinski definition) is 1. The molecule has 1 aliphatic heterocycles. The first-order valence-electron chi connectivity index (χ1n) is 6.67. The van der Waals surface area contributed by atoms with Crippen LogP contribution >= 0.6 is 0 Å². The fourth-order valence-corrected chi connectivity index (χ4v) is 2.48. The quantitative estimate of drug-likeness (QED) is 0.847. The van der Waals surface area contributed by atoms with E-state index in [1.165, 1.54) is 0 Å². The lowest BCUT2D eigenvalue weighted by Crippen LogP contribution is -2.37. The van der Waals surface area contributed by atoms with Gasteiger partial charge in [-0.2, -0.15) is 0 Å². The Morgan fingerprint density at radius 1 is 1.42 bits per heavy atom. The van der Waals surface area contributed by atoms with Crippen molar-refractivity contribution in [2.75, 3.05) is 33.2 Å². The van der Waals surface area contributed by atoms with Crippen molar-refractivity contribution in [2.24, 2.45) is 11.7 Å². The van der Waals surface area contributed by atoms with Gasteiger partial charge in [0.05, 0.1) is 11.6 Å². The number of carbonyl (C=O) groups is 1. The van der Waals surface area contributed by atoms with Crippen LogP contribution in [0.1, 0.15) is 11.4 Å². The van der Waals surface area contributed by atoms with Gasteiger partial charge in [0.25, 0.3) is 0 Å². The summed E-state index contributed by atoms with van der Waals surface area (Å²) in [5.41, 5.74) is 7.54. The molecule has 104 valence electrons. The fourth-order valence-electron chi connectivity index (χ4n) is 2.48. The zero-order valence-corrected chi connectivity index (χ0v) is 11.7. The maximum Gasteiger partial charge on any atom is 0.223 e. The van der Waals surface area contributed by atoms with E-state index in [1.807, 2.05) is 32.2 Å². The minimum absolute atomic E-state index is 0.0997. The van der Waals surface area contributed by atoms with Gasteiger partial charge in [0.2, 0.25) is 5.91 Å². The molecule has 0 saturated carbocycles. The van der Waals surface area contributed by atoms with Gasteiger partial charge in [-0.1, -0.05) is 6.07 Å². The van der Waals surface area contributed by atoms with Crippen LogP contribution in [0.15, 0.2) is 18.2 Å². The highest BCUT2D eigenvalue weighted by molar-refractivity contribution is 5.77. The molecule has 1 atom stereocenters. The van der Waals surface area contributed by atoms with Crippen LogP contribution in [0.25, 0.3) is 0 Å². The van der Waals surface area contributed by atoms with E-state index in [0.29, 0.717) is 0 Å². The number of amides is 1. The molecule has 1 aliphatic rings. The van der Waals surface area contributed by atoms with Crippen molar-refractivity contribution in [1.29, 1.82) is 0 Å². The molecule has 0 bridgehead atoms. The number of rotatable bonds is 3. The minimum Gasteiger partial charge on any atom is -0.369 e. The largest absolute Gasteiger partial charge is 0.369 e. The van der Waals surface area contributed by atoms with Gasteiger partial charge in [0, 0.05) is 38.4 Å². The SMILES string of the molecule is Cc1cccc(CN2CCN(C)C[C@@H](C(N)=O)C2)n1. The Labute approximate surface area is 114 Å². The predicted octanol–water partition coefficient (Wildman–Crippen LogP) is 0.239. The summed E-state index contributed by atoms with van der Waals surface area (Å²) in [6, 6.07) is 6.04. The van der Waals surface area contributed by atoms with Gasteiger partial charge in [-0.05, 0) is 26.1 Å². The molecule has 0 aromatic carbocycles. The zero-order valence-electron chi connectivity index (χ0n) is 11.7. The molecule has 1 fully saturated rings. The Morgan fingerprint density at radius 3 is 2.89 bits per heavy atom. The van der Waals surface area contributed by atoms with E-state index in [2.05, 4.69) is 14.8 Å². The molecule has 2 rings (SSSR count). The molecule has 5 nitrogen and oxygen atoms in total. The van der Waals surface area contributed by atoms with Crippen molar-refractivity contribution < 1.29 is 4.79 Å². The van der Waals surface area contributed by atoms with E-state index in [1.54, 1.807) is 0 Å². The average Bonchev–Trinajstić information content (AvgIpc) is 2.52. The summed E-state index contributed by atoms with van der Waals surface area (Å²) in [7, 11) is 2.03. The predicted molar refractivity (Wildman–Crippen MR) is 74.4 cm³/mol. The van der Waals surface area contributed by atoms with Crippen molar-refractivity contribution in [3.8, 4) is 0 Å². The number of primary amides is 1. The molecule has 0 aliphatic carbocycles. The first-order chi connectivity index (χ1) is 9.04. The standard InChI is InChI=1S/C14H22N4O/c1-11-4-3-5-13(16-11)10-18-7-6-17(2)8-12(9-18)14(15)19/h3-5,12H,6-10H2,1-2H3,(H2,15,19)/t12-/m1/s1. The van der Waals surface area contributed by atoms with Gasteiger partial charge in [-0.3, -0.25) is 14.7 Å². The van der Waals surface area contributed by atoms with Gasteiger partial charge in [-0.25, -0.2) is 0 Å². The van der Waals surface area contributed by atoms with Crippen LogP contribution in [0.2, 0.25) is 0 Å². The van der Waals surface area contributed by atoms with Crippen molar-refractivity contribution in [3.05, 3.63) is 29.6 Å². The van der Waals surface area contributed by atoms with Crippen LogP contribution in [0.4, 0.5) is 0 Å². The molecule has 2 heterocycles. The first kappa shape index (κ1) is 14.0. The maximum atomic E-state index is 11.5. The van der Waals surface area contributed by atoms with Gasteiger partial charge in [-0.15, -0.1) is 0 Å². The number of carbonyl (C=O) groups excluding carboxylic acids is 1. The molecule has 19 heavy (non-hydrogen) atoms. The van der Waals surface area contributed by atoms with Crippen LogP contribution in [0.3, 0.4) is 0 Å². The fraction of sp³-hybridized carbons (Fsp3) is 0.571. The van der Waals surface area contributed by atoms with Crippen LogP contribution < -0.4 is 5.73 Å². The van der Waals surface area contributed by atoms with E-state index in [9.17, 15) is 4.79 Å². The van der Waals surface area contributed by atoms with E-state index in [4.69, 9.17) is 5.73 Å². The number of nitrogens with zero attached hydrogens (tertiary/aromatic N) is 3. The van der Waals surface area contributed by atoms with Crippen molar-refractivity contribution in [3.63, 3.8) is 0 Å². The lowest BCUT2D eigenvalue weighted by Gasteiger charge is -2.21. The Kier molecular flexibility index (Phi) is 4.50. The molecular formula is C14H22N4O. The van der Waals surface area contributed by atoms with E-state index in [0.717, 1.165) is 44.1 Å². The second-order valence-corrected chi connectivity index (χ2v) is 5.37. The smallest absolute Gasteiger partial charge is 0.223 e. The Balaban J connectivity index is 2.04. The summed E-state index contributed by atoms with van der Waals surface area (Å²) >= 11 is 0. The number of aryl methyl sites for hydroxylation is 1. The topological polar surface area (TPSA) is 62.5 Å². The number of pyridine rings is 1. The van der Waals surface area contributed by atoms with Crippen molar-refractivity contribution >= 4 is 5.91 Å². The monoisotopic (exact) mass is 262 g/mol. The van der Waals surface area contributed by atoms with Gasteiger partial charge >= 0.3 is 0 Å². The normalized spacial score (nSPS) is 22.1. The summed E-state index contributed by atoms with van der Waals surface area (Å²) in [6.07, 6.45) is 0. The zero-order chi connectivity index (χ0) is 13.8. The number of hydrogen-bond acceptors (Lipinski definition) is 4. The average molecular weight is 262 g/mol. The molecular weight excluding hydrogens is 240 g/mol. The number of likely N-dealkylation sites (N-methyl/N-ethyl adjacent to an activating group) is 1. The molecule has 0 spiro atoms. The van der Waals surface area contributed by atoms with Crippen molar-refractivity contribution in [2.45, 2.75) is 13.5 Å². The third-order valence-electron chi connectivity index (χ3n) is 3.54. The minimum atomic E-state index is -0.212. The van der Waals surface area contributed by atoms with Crippen molar-refractivity contribution in [1.82, 2.24) is 14.8 Å². The molecule has 1 saturated heterocycles. The molecule has 2 N–H and O–H groups in total. The molecule has 0 unspecified atom stereocenters. The summed E-state index contributed by atoms with van der Waals surface area (Å²) in [5.74, 6) is -0.312. The highest BCUT2D eigenvalue weighted by Crippen LogP contribution is 2.11. The molecule has 1 amide bonds. The highest BCUT2D eigenvalue weighted by Gasteiger charge is 2.24. The summed E-state index contributed by atoms with van der Waals surface area (Å²) in [5, 5.41) is 0. The van der Waals surface area contributed by atoms with E-state index in [-0.39, 0.29) is 11.8 Å².